The molecule has 7 heteroatoms. The minimum absolute atomic E-state index is 0.119. The van der Waals surface area contributed by atoms with Gasteiger partial charge in [-0.15, -0.1) is 0 Å². The lowest BCUT2D eigenvalue weighted by Crippen LogP contribution is -2.12. The molecule has 1 N–H and O–H groups in total. The fourth-order valence-electron chi connectivity index (χ4n) is 1.46. The number of rotatable bonds is 4. The third-order valence-corrected chi connectivity index (χ3v) is 2.71. The van der Waals surface area contributed by atoms with Crippen LogP contribution >= 0.6 is 11.6 Å². The van der Waals surface area contributed by atoms with Gasteiger partial charge in [-0.25, -0.2) is 4.79 Å². The van der Waals surface area contributed by atoms with E-state index in [1.54, 1.807) is 32.1 Å². The molecule has 0 spiro atoms. The fraction of sp³-hybridized carbons (Fsp3) is 0.200. The molecule has 0 aromatic heterocycles. The number of nitriles is 3. The number of nitrogens with zero attached hydrogens (tertiary/aromatic N) is 3. The Balaban J connectivity index is 3.18. The number of ether oxygens (including phenoxy) is 1. The molecule has 1 rings (SSSR count). The molecule has 0 amide bonds. The summed E-state index contributed by atoms with van der Waals surface area (Å²) in [7, 11) is 0. The van der Waals surface area contributed by atoms with Crippen molar-refractivity contribution in [2.75, 3.05) is 5.32 Å². The van der Waals surface area contributed by atoms with Gasteiger partial charge in [0.1, 0.15) is 23.9 Å². The molecule has 0 heterocycles. The van der Waals surface area contributed by atoms with Crippen LogP contribution in [0.3, 0.4) is 0 Å². The summed E-state index contributed by atoms with van der Waals surface area (Å²) in [6, 6.07) is 9.30. The molecular weight excluding hydrogens is 304 g/mol. The number of nitrogens with one attached hydrogen (secondary N) is 1. The minimum atomic E-state index is -0.605. The first-order chi connectivity index (χ1) is 10.4. The molecule has 1 aromatic rings. The van der Waals surface area contributed by atoms with E-state index < -0.39 is 5.97 Å². The number of benzene rings is 1. The Morgan fingerprint density at radius 2 is 1.86 bits per heavy atom. The first-order valence-corrected chi connectivity index (χ1v) is 6.52. The first kappa shape index (κ1) is 17.0. The van der Waals surface area contributed by atoms with Crippen molar-refractivity contribution in [1.29, 1.82) is 15.8 Å². The van der Waals surface area contributed by atoms with Crippen molar-refractivity contribution in [2.45, 2.75) is 20.0 Å². The van der Waals surface area contributed by atoms with Crippen LogP contribution in [0.4, 0.5) is 5.69 Å². The molecule has 0 aliphatic heterocycles. The van der Waals surface area contributed by atoms with E-state index in [0.29, 0.717) is 5.69 Å². The highest BCUT2D eigenvalue weighted by molar-refractivity contribution is 6.33. The average molecular weight is 315 g/mol. The zero-order chi connectivity index (χ0) is 16.7. The van der Waals surface area contributed by atoms with Gasteiger partial charge in [-0.05, 0) is 32.0 Å². The number of carbonyl (C=O) groups is 1. The second-order valence-corrected chi connectivity index (χ2v) is 4.77. The number of carbonyl (C=O) groups excluding carboxylic acids is 1. The van der Waals surface area contributed by atoms with Crippen LogP contribution in [0.5, 0.6) is 0 Å². The normalized spacial score (nSPS) is 9.14. The zero-order valence-corrected chi connectivity index (χ0v) is 12.6. The van der Waals surface area contributed by atoms with Crippen molar-refractivity contribution < 1.29 is 9.53 Å². The smallest absolute Gasteiger partial charge is 0.339 e. The molecule has 6 nitrogen and oxygen atoms in total. The van der Waals surface area contributed by atoms with Crippen LogP contribution in [0.1, 0.15) is 24.2 Å². The second kappa shape index (κ2) is 7.69. The number of halogens is 1. The molecule has 0 aliphatic carbocycles. The Morgan fingerprint density at radius 1 is 1.23 bits per heavy atom. The Hall–Kier alpha value is -3.01. The van der Waals surface area contributed by atoms with E-state index in [2.05, 4.69) is 5.32 Å². The minimum Gasteiger partial charge on any atom is -0.459 e. The van der Waals surface area contributed by atoms with Crippen molar-refractivity contribution in [3.05, 3.63) is 40.1 Å². The van der Waals surface area contributed by atoms with Gasteiger partial charge in [0, 0.05) is 5.69 Å². The van der Waals surface area contributed by atoms with Crippen LogP contribution in [0.25, 0.3) is 0 Å². The molecule has 0 unspecified atom stereocenters. The van der Waals surface area contributed by atoms with Gasteiger partial charge in [0.15, 0.2) is 5.57 Å². The largest absolute Gasteiger partial charge is 0.459 e. The lowest BCUT2D eigenvalue weighted by atomic mass is 10.1. The quantitative estimate of drug-likeness (QED) is 0.675. The number of anilines is 1. The summed E-state index contributed by atoms with van der Waals surface area (Å²) in [6.45, 7) is 3.41. The standard InChI is InChI=1S/C15H11ClN4O2/c1-9(2)22-15(21)12-5-11(3-4-13(12)16)20-14(8-19)10(6-17)7-18/h3-5,9,20H,1-2H3. The van der Waals surface area contributed by atoms with Crippen molar-refractivity contribution in [3.8, 4) is 18.2 Å². The van der Waals surface area contributed by atoms with E-state index in [1.807, 2.05) is 0 Å². The van der Waals surface area contributed by atoms with Crippen molar-refractivity contribution in [2.24, 2.45) is 0 Å². The highest BCUT2D eigenvalue weighted by Crippen LogP contribution is 2.23. The van der Waals surface area contributed by atoms with E-state index in [-0.39, 0.29) is 28.0 Å². The Labute approximate surface area is 132 Å². The predicted molar refractivity (Wildman–Crippen MR) is 79.5 cm³/mol. The molecule has 0 saturated heterocycles. The van der Waals surface area contributed by atoms with E-state index in [4.69, 9.17) is 32.1 Å². The molecule has 0 bridgehead atoms. The van der Waals surface area contributed by atoms with Crippen LogP contribution in [-0.4, -0.2) is 12.1 Å². The summed E-state index contributed by atoms with van der Waals surface area (Å²) in [5.74, 6) is -0.605. The van der Waals surface area contributed by atoms with Gasteiger partial charge in [-0.1, -0.05) is 11.6 Å². The van der Waals surface area contributed by atoms with Crippen LogP contribution in [0.2, 0.25) is 5.02 Å². The van der Waals surface area contributed by atoms with Crippen molar-refractivity contribution >= 4 is 23.3 Å². The summed E-state index contributed by atoms with van der Waals surface area (Å²) in [5, 5.41) is 29.3. The van der Waals surface area contributed by atoms with Crippen LogP contribution in [0.15, 0.2) is 29.5 Å². The summed E-state index contributed by atoms with van der Waals surface area (Å²) in [4.78, 5) is 11.9. The highest BCUT2D eigenvalue weighted by Gasteiger charge is 2.15. The van der Waals surface area contributed by atoms with Gasteiger partial charge in [0.25, 0.3) is 0 Å². The number of hydrogen-bond acceptors (Lipinski definition) is 6. The SMILES string of the molecule is CC(C)OC(=O)c1cc(NC(C#N)=C(C#N)C#N)ccc1Cl. The topological polar surface area (TPSA) is 110 Å². The molecule has 0 radical (unpaired) electrons. The predicted octanol–water partition coefficient (Wildman–Crippen LogP) is 3.14. The summed E-state index contributed by atoms with van der Waals surface area (Å²) in [6.07, 6.45) is -0.307. The van der Waals surface area contributed by atoms with Crippen LogP contribution < -0.4 is 5.32 Å². The Bertz CT molecular complexity index is 732. The monoisotopic (exact) mass is 314 g/mol. The molecule has 1 aromatic carbocycles. The summed E-state index contributed by atoms with van der Waals surface area (Å²) < 4.78 is 5.06. The first-order valence-electron chi connectivity index (χ1n) is 6.15. The van der Waals surface area contributed by atoms with E-state index in [0.717, 1.165) is 0 Å². The van der Waals surface area contributed by atoms with Crippen molar-refractivity contribution in [1.82, 2.24) is 0 Å². The van der Waals surface area contributed by atoms with Gasteiger partial charge < -0.3 is 10.1 Å². The molecule has 0 fully saturated rings. The third-order valence-electron chi connectivity index (χ3n) is 2.38. The lowest BCUT2D eigenvalue weighted by molar-refractivity contribution is 0.0378. The van der Waals surface area contributed by atoms with Crippen molar-refractivity contribution in [3.63, 3.8) is 0 Å². The van der Waals surface area contributed by atoms with Gasteiger partial charge in [-0.2, -0.15) is 15.8 Å². The van der Waals surface area contributed by atoms with Gasteiger partial charge in [-0.3, -0.25) is 0 Å². The number of esters is 1. The Morgan fingerprint density at radius 3 is 2.36 bits per heavy atom. The van der Waals surface area contributed by atoms with E-state index >= 15 is 0 Å². The van der Waals surface area contributed by atoms with Gasteiger partial charge in [0.05, 0.1) is 16.7 Å². The molecule has 0 saturated carbocycles. The van der Waals surface area contributed by atoms with E-state index in [9.17, 15) is 4.79 Å². The molecule has 0 aliphatic rings. The van der Waals surface area contributed by atoms with E-state index in [1.165, 1.54) is 18.2 Å². The molecule has 22 heavy (non-hydrogen) atoms. The van der Waals surface area contributed by atoms with Crippen LogP contribution in [0, 0.1) is 34.0 Å². The summed E-state index contributed by atoms with van der Waals surface area (Å²) in [5.41, 5.74) is -0.118. The fourth-order valence-corrected chi connectivity index (χ4v) is 1.66. The summed E-state index contributed by atoms with van der Waals surface area (Å²) >= 11 is 5.95. The lowest BCUT2D eigenvalue weighted by Gasteiger charge is -2.11. The van der Waals surface area contributed by atoms with Gasteiger partial charge >= 0.3 is 5.97 Å². The maximum absolute atomic E-state index is 11.9. The maximum Gasteiger partial charge on any atom is 0.339 e. The molecule has 110 valence electrons. The average Bonchev–Trinajstić information content (AvgIpc) is 2.48. The maximum atomic E-state index is 11.9. The zero-order valence-electron chi connectivity index (χ0n) is 11.8. The highest BCUT2D eigenvalue weighted by atomic mass is 35.5. The molecular formula is C15H11ClN4O2. The second-order valence-electron chi connectivity index (χ2n) is 4.36. The third kappa shape index (κ3) is 4.24. The van der Waals surface area contributed by atoms with Crippen LogP contribution in [-0.2, 0) is 4.74 Å². The van der Waals surface area contributed by atoms with Gasteiger partial charge in [0.2, 0.25) is 0 Å². The number of hydrogen-bond donors (Lipinski definition) is 1. The number of allylic oxidation sites excluding steroid dienone is 2. The molecule has 0 atom stereocenters. The Kier molecular flexibility index (Phi) is 5.96.